The highest BCUT2D eigenvalue weighted by molar-refractivity contribution is 6.17. The van der Waals surface area contributed by atoms with Gasteiger partial charge in [-0.2, -0.15) is 0 Å². The van der Waals surface area contributed by atoms with Crippen LogP contribution in [0.25, 0.3) is 0 Å². The first-order chi connectivity index (χ1) is 5.77. The summed E-state index contributed by atoms with van der Waals surface area (Å²) in [6, 6.07) is 1.66. The Morgan fingerprint density at radius 3 is 2.85 bits per heavy atom. The van der Waals surface area contributed by atoms with Gasteiger partial charge in [0.05, 0.1) is 12.7 Å². The summed E-state index contributed by atoms with van der Waals surface area (Å²) >= 11 is 5.55. The molecule has 1 aromatic rings. The van der Waals surface area contributed by atoms with E-state index in [4.69, 9.17) is 11.6 Å². The van der Waals surface area contributed by atoms with Crippen molar-refractivity contribution in [1.29, 1.82) is 0 Å². The summed E-state index contributed by atoms with van der Waals surface area (Å²) < 4.78 is 4.51. The van der Waals surface area contributed by atoms with Gasteiger partial charge in [-0.05, 0) is 11.6 Å². The van der Waals surface area contributed by atoms with Gasteiger partial charge in [0, 0.05) is 18.3 Å². The average Bonchev–Trinajstić information content (AvgIpc) is 2.17. The van der Waals surface area contributed by atoms with Crippen LogP contribution in [0.2, 0.25) is 0 Å². The molecule has 13 heavy (non-hydrogen) atoms. The number of alkyl halides is 1. The highest BCUT2D eigenvalue weighted by Crippen LogP contribution is 2.06. The van der Waals surface area contributed by atoms with Gasteiger partial charge in [0.25, 0.3) is 0 Å². The zero-order valence-corrected chi connectivity index (χ0v) is 8.56. The Labute approximate surface area is 87.5 Å². The summed E-state index contributed by atoms with van der Waals surface area (Å²) in [5.74, 6) is -0.0489. The fourth-order valence-corrected chi connectivity index (χ4v) is 0.936. The van der Waals surface area contributed by atoms with Gasteiger partial charge in [-0.1, -0.05) is 0 Å². The SMILES string of the molecule is COC(=O)c1cncc(CCl)c1.Cl. The van der Waals surface area contributed by atoms with Crippen molar-refractivity contribution in [3.63, 3.8) is 0 Å². The zero-order valence-electron chi connectivity index (χ0n) is 6.99. The highest BCUT2D eigenvalue weighted by Gasteiger charge is 2.05. The topological polar surface area (TPSA) is 39.2 Å². The Morgan fingerprint density at radius 1 is 1.62 bits per heavy atom. The summed E-state index contributed by atoms with van der Waals surface area (Å²) in [5.41, 5.74) is 1.23. The number of carbonyl (C=O) groups is 1. The van der Waals surface area contributed by atoms with Gasteiger partial charge in [-0.3, -0.25) is 4.98 Å². The molecule has 5 heteroatoms. The van der Waals surface area contributed by atoms with Crippen molar-refractivity contribution < 1.29 is 9.53 Å². The van der Waals surface area contributed by atoms with E-state index in [0.717, 1.165) is 5.56 Å². The largest absolute Gasteiger partial charge is 0.465 e. The van der Waals surface area contributed by atoms with Gasteiger partial charge in [0.2, 0.25) is 0 Å². The van der Waals surface area contributed by atoms with Gasteiger partial charge in [0.15, 0.2) is 0 Å². The maximum atomic E-state index is 11.0. The molecule has 1 rings (SSSR count). The molecular weight excluding hydrogens is 213 g/mol. The van der Waals surface area contributed by atoms with Crippen molar-refractivity contribution in [2.24, 2.45) is 0 Å². The molecule has 0 saturated carbocycles. The first kappa shape index (κ1) is 12.2. The quantitative estimate of drug-likeness (QED) is 0.567. The third-order valence-electron chi connectivity index (χ3n) is 1.37. The third kappa shape index (κ3) is 3.20. The van der Waals surface area contributed by atoms with Gasteiger partial charge in [0.1, 0.15) is 0 Å². The minimum absolute atomic E-state index is 0. The van der Waals surface area contributed by atoms with Crippen molar-refractivity contribution in [3.05, 3.63) is 29.6 Å². The fourth-order valence-electron chi connectivity index (χ4n) is 0.790. The van der Waals surface area contributed by atoms with Gasteiger partial charge < -0.3 is 4.74 Å². The van der Waals surface area contributed by atoms with Crippen LogP contribution < -0.4 is 0 Å². The number of esters is 1. The van der Waals surface area contributed by atoms with Crippen molar-refractivity contribution in [2.75, 3.05) is 7.11 Å². The van der Waals surface area contributed by atoms with Crippen LogP contribution in [0.4, 0.5) is 0 Å². The lowest BCUT2D eigenvalue weighted by Gasteiger charge is -1.99. The molecule has 0 spiro atoms. The lowest BCUT2D eigenvalue weighted by molar-refractivity contribution is 0.0600. The van der Waals surface area contributed by atoms with Crippen LogP contribution in [-0.4, -0.2) is 18.1 Å². The molecule has 0 saturated heterocycles. The normalized spacial score (nSPS) is 8.77. The standard InChI is InChI=1S/C8H8ClNO2.ClH/c1-12-8(11)7-2-6(3-9)4-10-5-7;/h2,4-5H,3H2,1H3;1H. The second-order valence-corrected chi connectivity index (χ2v) is 2.47. The van der Waals surface area contributed by atoms with E-state index < -0.39 is 5.97 Å². The molecule has 0 aliphatic carbocycles. The molecule has 0 radical (unpaired) electrons. The molecule has 0 aliphatic rings. The molecular formula is C8H9Cl2NO2. The predicted octanol–water partition coefficient (Wildman–Crippen LogP) is 2.03. The maximum absolute atomic E-state index is 11.0. The number of hydrogen-bond acceptors (Lipinski definition) is 3. The molecule has 0 aromatic carbocycles. The Hall–Kier alpha value is -0.800. The molecule has 0 unspecified atom stereocenters. The minimum Gasteiger partial charge on any atom is -0.465 e. The van der Waals surface area contributed by atoms with E-state index in [0.29, 0.717) is 11.4 Å². The lowest BCUT2D eigenvalue weighted by Crippen LogP contribution is -2.02. The monoisotopic (exact) mass is 221 g/mol. The lowest BCUT2D eigenvalue weighted by atomic mass is 10.2. The number of methoxy groups -OCH3 is 1. The predicted molar refractivity (Wildman–Crippen MR) is 52.4 cm³/mol. The van der Waals surface area contributed by atoms with E-state index in [1.807, 2.05) is 0 Å². The van der Waals surface area contributed by atoms with Gasteiger partial charge in [-0.25, -0.2) is 4.79 Å². The van der Waals surface area contributed by atoms with Crippen LogP contribution in [0, 0.1) is 0 Å². The number of rotatable bonds is 2. The van der Waals surface area contributed by atoms with Crippen LogP contribution in [-0.2, 0) is 10.6 Å². The van der Waals surface area contributed by atoms with E-state index in [1.54, 1.807) is 12.3 Å². The molecule has 72 valence electrons. The smallest absolute Gasteiger partial charge is 0.339 e. The number of aromatic nitrogens is 1. The van der Waals surface area contributed by atoms with Crippen molar-refractivity contribution in [3.8, 4) is 0 Å². The van der Waals surface area contributed by atoms with Gasteiger partial charge >= 0.3 is 5.97 Å². The first-order valence-electron chi connectivity index (χ1n) is 3.36. The average molecular weight is 222 g/mol. The summed E-state index contributed by atoms with van der Waals surface area (Å²) in [6.07, 6.45) is 3.06. The minimum atomic E-state index is -0.394. The molecule has 0 atom stereocenters. The van der Waals surface area contributed by atoms with E-state index in [1.165, 1.54) is 13.3 Å². The van der Waals surface area contributed by atoms with E-state index in [9.17, 15) is 4.79 Å². The molecule has 0 aliphatic heterocycles. The highest BCUT2D eigenvalue weighted by atomic mass is 35.5. The number of ether oxygens (including phenoxy) is 1. The summed E-state index contributed by atoms with van der Waals surface area (Å²) in [5, 5.41) is 0. The molecule has 1 heterocycles. The summed E-state index contributed by atoms with van der Waals surface area (Å²) in [4.78, 5) is 14.8. The summed E-state index contributed by atoms with van der Waals surface area (Å²) in [6.45, 7) is 0. The first-order valence-corrected chi connectivity index (χ1v) is 3.89. The van der Waals surface area contributed by atoms with Crippen molar-refractivity contribution in [2.45, 2.75) is 5.88 Å². The maximum Gasteiger partial charge on any atom is 0.339 e. The van der Waals surface area contributed by atoms with E-state index in [-0.39, 0.29) is 12.4 Å². The molecule has 0 bridgehead atoms. The number of halogens is 2. The van der Waals surface area contributed by atoms with Crippen molar-refractivity contribution >= 4 is 30.0 Å². The zero-order chi connectivity index (χ0) is 8.97. The number of pyridine rings is 1. The third-order valence-corrected chi connectivity index (χ3v) is 1.68. The van der Waals surface area contributed by atoms with Crippen LogP contribution in [0.3, 0.4) is 0 Å². The van der Waals surface area contributed by atoms with Gasteiger partial charge in [-0.15, -0.1) is 24.0 Å². The Balaban J connectivity index is 0.00000144. The number of nitrogens with zero attached hydrogens (tertiary/aromatic N) is 1. The molecule has 0 N–H and O–H groups in total. The van der Waals surface area contributed by atoms with Crippen LogP contribution in [0.15, 0.2) is 18.5 Å². The van der Waals surface area contributed by atoms with Crippen LogP contribution >= 0.6 is 24.0 Å². The molecule has 3 nitrogen and oxygen atoms in total. The Morgan fingerprint density at radius 2 is 2.31 bits per heavy atom. The number of hydrogen-bond donors (Lipinski definition) is 0. The van der Waals surface area contributed by atoms with Crippen LogP contribution in [0.1, 0.15) is 15.9 Å². The fraction of sp³-hybridized carbons (Fsp3) is 0.250. The number of carbonyl (C=O) groups excluding carboxylic acids is 1. The molecule has 0 fully saturated rings. The summed E-state index contributed by atoms with van der Waals surface area (Å²) in [7, 11) is 1.33. The van der Waals surface area contributed by atoms with E-state index in [2.05, 4.69) is 9.72 Å². The van der Waals surface area contributed by atoms with Crippen LogP contribution in [0.5, 0.6) is 0 Å². The van der Waals surface area contributed by atoms with E-state index >= 15 is 0 Å². The second-order valence-electron chi connectivity index (χ2n) is 2.21. The Kier molecular flexibility index (Phi) is 5.42. The second kappa shape index (κ2) is 5.78. The van der Waals surface area contributed by atoms with Crippen molar-refractivity contribution in [1.82, 2.24) is 4.98 Å². The molecule has 1 aromatic heterocycles. The Bertz CT molecular complexity index is 291. The molecule has 0 amide bonds.